The maximum absolute atomic E-state index is 14.4. The molecule has 0 aliphatic carbocycles. The predicted octanol–water partition coefficient (Wildman–Crippen LogP) is 4.92. The highest BCUT2D eigenvalue weighted by atomic mass is 16.6. The molecule has 5 aromatic carbocycles. The van der Waals surface area contributed by atoms with E-state index in [1.165, 1.54) is 21.6 Å². The van der Waals surface area contributed by atoms with Gasteiger partial charge >= 0.3 is 18.1 Å². The van der Waals surface area contributed by atoms with Crippen LogP contribution >= 0.6 is 0 Å². The number of nitrogens with one attached hydrogen (secondary N) is 4. The normalized spacial score (nSPS) is 15.7. The van der Waals surface area contributed by atoms with Gasteiger partial charge in [-0.1, -0.05) is 50.2 Å². The first kappa shape index (κ1) is 68.7. The van der Waals surface area contributed by atoms with E-state index in [0.29, 0.717) is 50.7 Å². The molecule has 0 saturated carbocycles. The van der Waals surface area contributed by atoms with E-state index in [4.69, 9.17) is 15.6 Å². The van der Waals surface area contributed by atoms with Crippen molar-refractivity contribution in [1.29, 1.82) is 0 Å². The van der Waals surface area contributed by atoms with Gasteiger partial charge in [-0.25, -0.2) is 9.59 Å². The van der Waals surface area contributed by atoms with Crippen LogP contribution in [0, 0.1) is 5.92 Å². The summed E-state index contributed by atoms with van der Waals surface area (Å²) >= 11 is 0. The summed E-state index contributed by atoms with van der Waals surface area (Å²) in [4.78, 5) is 162. The molecular formula is C68H85N13O13. The van der Waals surface area contributed by atoms with E-state index in [9.17, 15) is 52.7 Å². The van der Waals surface area contributed by atoms with Gasteiger partial charge in [0.25, 0.3) is 23.6 Å². The highest BCUT2D eigenvalue weighted by Crippen LogP contribution is 2.38. The summed E-state index contributed by atoms with van der Waals surface area (Å²) in [6, 6.07) is 21.7. The first-order chi connectivity index (χ1) is 45.1. The third-order valence-corrected chi connectivity index (χ3v) is 17.9. The van der Waals surface area contributed by atoms with Crippen LogP contribution in [0.25, 0.3) is 21.5 Å². The van der Waals surface area contributed by atoms with Gasteiger partial charge in [0.15, 0.2) is 0 Å². The molecule has 4 heterocycles. The highest BCUT2D eigenvalue weighted by Gasteiger charge is 2.37. The Morgan fingerprint density at radius 3 is 1.59 bits per heavy atom. The van der Waals surface area contributed by atoms with Crippen LogP contribution in [0.3, 0.4) is 0 Å². The zero-order valence-electron chi connectivity index (χ0n) is 54.1. The molecule has 4 aliphatic rings. The van der Waals surface area contributed by atoms with Gasteiger partial charge in [0.05, 0.1) is 0 Å². The van der Waals surface area contributed by atoms with Crippen LogP contribution in [-0.4, -0.2) is 224 Å². The van der Waals surface area contributed by atoms with E-state index in [-0.39, 0.29) is 96.9 Å². The molecule has 26 heteroatoms. The van der Waals surface area contributed by atoms with Crippen molar-refractivity contribution in [3.8, 4) is 0 Å². The second-order valence-corrected chi connectivity index (χ2v) is 24.8. The first-order valence-corrected chi connectivity index (χ1v) is 32.2. The summed E-state index contributed by atoms with van der Waals surface area (Å²) in [5.74, 6) is -5.36. The van der Waals surface area contributed by atoms with Gasteiger partial charge < -0.3 is 66.2 Å². The zero-order chi connectivity index (χ0) is 67.3. The summed E-state index contributed by atoms with van der Waals surface area (Å²) in [6.45, 7) is 10.9. The summed E-state index contributed by atoms with van der Waals surface area (Å²) in [5, 5.41) is 22.4. The number of amides is 11. The lowest BCUT2D eigenvalue weighted by Gasteiger charge is -2.36. The van der Waals surface area contributed by atoms with Crippen molar-refractivity contribution in [2.75, 3.05) is 127 Å². The average Bonchev–Trinajstić information content (AvgIpc) is 0.746. The van der Waals surface area contributed by atoms with Gasteiger partial charge in [0.1, 0.15) is 18.7 Å². The Balaban J connectivity index is 0.868. The minimum Gasteiger partial charge on any atom is -0.481 e. The monoisotopic (exact) mass is 1290 g/mol. The largest absolute Gasteiger partial charge is 0.481 e. The van der Waals surface area contributed by atoms with Crippen molar-refractivity contribution in [3.05, 3.63) is 113 Å². The molecule has 7 N–H and O–H groups in total. The highest BCUT2D eigenvalue weighted by molar-refractivity contribution is 6.28. The van der Waals surface area contributed by atoms with E-state index >= 15 is 0 Å². The van der Waals surface area contributed by atoms with Crippen molar-refractivity contribution in [3.63, 3.8) is 0 Å². The number of carboxylic acids is 1. The molecule has 500 valence electrons. The Labute approximate surface area is 546 Å². The number of rotatable bonds is 29. The van der Waals surface area contributed by atoms with E-state index in [1.54, 1.807) is 68.4 Å². The Bertz CT molecular complexity index is 3650. The van der Waals surface area contributed by atoms with Crippen LogP contribution in [0.1, 0.15) is 113 Å². The molecule has 4 aliphatic heterocycles. The Hall–Kier alpha value is -9.69. The van der Waals surface area contributed by atoms with Crippen molar-refractivity contribution >= 4 is 104 Å². The van der Waals surface area contributed by atoms with Crippen molar-refractivity contribution in [2.24, 2.45) is 11.7 Å². The van der Waals surface area contributed by atoms with Gasteiger partial charge in [-0.15, -0.1) is 0 Å². The topological polar surface area (TPSA) is 317 Å². The number of carbonyl (C=O) groups excluding carboxylic acids is 10. The molecule has 0 bridgehead atoms. The number of hydrogen-bond acceptors (Lipinski definition) is 16. The lowest BCUT2D eigenvalue weighted by Crippen LogP contribution is -2.54. The number of imide groups is 2. The number of nitrogens with zero attached hydrogens (tertiary/aromatic N) is 8. The van der Waals surface area contributed by atoms with Gasteiger partial charge in [-0.05, 0) is 106 Å². The van der Waals surface area contributed by atoms with E-state index in [0.717, 1.165) is 79.4 Å². The number of anilines is 3. The number of carboxylic acid groups (broad SMARTS) is 1. The molecule has 1 unspecified atom stereocenters. The lowest BCUT2D eigenvalue weighted by atomic mass is 9.92. The van der Waals surface area contributed by atoms with Crippen LogP contribution in [0.15, 0.2) is 84.9 Å². The SMILES string of the molecule is CC(=O)N(CCCN(CCN1C(=O)c2cccc3c(N4CCN(C)CC4)ccc(c23)C1=O)C(=O)OCc1ccc(NC(=O)[C@H](CCCNC(N)=O)NC(=O)C(NC(=O)CCCCC(=O)O)C(C)C)cc1)CCN1C(=O)c2cccc3c(N4CCN(C)CC4)ccc(c23)C1=O. The third-order valence-electron chi connectivity index (χ3n) is 17.9. The van der Waals surface area contributed by atoms with Crippen molar-refractivity contribution in [1.82, 2.24) is 45.3 Å². The Morgan fingerprint density at radius 2 is 1.09 bits per heavy atom. The fraction of sp³-hybridized carbons (Fsp3) is 0.456. The molecule has 0 radical (unpaired) electrons. The number of aliphatic carboxylic acids is 1. The number of benzene rings is 5. The number of nitrogens with two attached hydrogens (primary N) is 1. The van der Waals surface area contributed by atoms with Gasteiger partial charge in [-0.3, -0.25) is 53.0 Å². The molecule has 5 aromatic rings. The van der Waals surface area contributed by atoms with Gasteiger partial charge in [-0.2, -0.15) is 0 Å². The number of ether oxygens (including phenoxy) is 1. The predicted molar refractivity (Wildman–Crippen MR) is 353 cm³/mol. The molecule has 26 nitrogen and oxygen atoms in total. The lowest BCUT2D eigenvalue weighted by molar-refractivity contribution is -0.137. The Kier molecular flexibility index (Phi) is 22.9. The molecular weight excluding hydrogens is 1210 g/mol. The fourth-order valence-corrected chi connectivity index (χ4v) is 12.5. The number of carbonyl (C=O) groups is 11. The molecule has 9 rings (SSSR count). The van der Waals surface area contributed by atoms with Crippen LogP contribution in [0.4, 0.5) is 26.7 Å². The summed E-state index contributed by atoms with van der Waals surface area (Å²) < 4.78 is 5.90. The van der Waals surface area contributed by atoms with E-state index in [2.05, 4.69) is 55.0 Å². The van der Waals surface area contributed by atoms with Crippen LogP contribution in [0.2, 0.25) is 0 Å². The number of urea groups is 1. The number of hydrogen-bond donors (Lipinski definition) is 6. The molecule has 94 heavy (non-hydrogen) atoms. The quantitative estimate of drug-likeness (QED) is 0.0273. The molecule has 2 saturated heterocycles. The summed E-state index contributed by atoms with van der Waals surface area (Å²) in [5.41, 5.74) is 9.49. The third kappa shape index (κ3) is 16.6. The number of primary amides is 1. The maximum Gasteiger partial charge on any atom is 0.410 e. The minimum absolute atomic E-state index is 0.000454. The summed E-state index contributed by atoms with van der Waals surface area (Å²) in [6.07, 6.45) is 0.180. The summed E-state index contributed by atoms with van der Waals surface area (Å²) in [7, 11) is 4.14. The average molecular weight is 1290 g/mol. The minimum atomic E-state index is -1.14. The number of likely N-dealkylation sites (N-methyl/N-ethyl adjacent to an activating group) is 2. The first-order valence-electron chi connectivity index (χ1n) is 32.2. The zero-order valence-corrected chi connectivity index (χ0v) is 54.1. The number of unbranched alkanes of at least 4 members (excludes halogenated alkanes) is 1. The van der Waals surface area contributed by atoms with Crippen LogP contribution in [0.5, 0.6) is 0 Å². The second-order valence-electron chi connectivity index (χ2n) is 24.8. The smallest absolute Gasteiger partial charge is 0.410 e. The van der Waals surface area contributed by atoms with E-state index in [1.807, 2.05) is 30.3 Å². The van der Waals surface area contributed by atoms with Crippen LogP contribution < -0.4 is 36.8 Å². The van der Waals surface area contributed by atoms with Gasteiger partial charge in [0.2, 0.25) is 23.6 Å². The molecule has 2 atom stereocenters. The van der Waals surface area contributed by atoms with Gasteiger partial charge in [0, 0.05) is 179 Å². The standard InChI is InChI=1S/C68H85N13O13/c1-43(2)60(73-56(83)17-6-7-18-57(84)85)62(87)72-53(16-10-27-70-67(69)92)61(86)71-46-21-19-45(20-22-46)42-94-68(93)79(39-41-81-64(89)50-15-9-13-48-55(78-36-32-75(5)33-37-78)26-24-52(59(48)50)66(81)91)29-11-28-76(44(3)82)38-40-80-63(88)49-14-8-12-47-54(77-34-30-74(4)31-35-77)25-23-51(58(47)49)65(80)90/h8-9,12-15,19-26,43,53,60H,6-7,10-11,16-18,27-42H2,1-5H3,(H,71,86)(H,72,87)(H,73,83)(H,84,85)(H3,69,70,92)/t53-,60?/m0/s1. The molecule has 11 amide bonds. The Morgan fingerprint density at radius 1 is 0.585 bits per heavy atom. The molecule has 0 aromatic heterocycles. The van der Waals surface area contributed by atoms with Crippen LogP contribution in [-0.2, 0) is 35.3 Å². The van der Waals surface area contributed by atoms with Crippen molar-refractivity contribution < 1.29 is 62.6 Å². The number of piperazine rings is 2. The second kappa shape index (κ2) is 31.3. The fourth-order valence-electron chi connectivity index (χ4n) is 12.5. The molecule has 0 spiro atoms. The van der Waals surface area contributed by atoms with Crippen molar-refractivity contribution in [2.45, 2.75) is 84.4 Å². The maximum atomic E-state index is 14.4. The molecule has 2 fully saturated rings. The van der Waals surface area contributed by atoms with E-state index < -0.39 is 77.4 Å².